The van der Waals surface area contributed by atoms with Crippen molar-refractivity contribution in [3.8, 4) is 11.5 Å². The molecule has 1 saturated heterocycles. The highest BCUT2D eigenvalue weighted by Gasteiger charge is 2.23. The minimum absolute atomic E-state index is 0.147. The van der Waals surface area contributed by atoms with Crippen molar-refractivity contribution in [1.29, 1.82) is 0 Å². The van der Waals surface area contributed by atoms with Crippen molar-refractivity contribution in [2.45, 2.75) is 6.92 Å². The number of benzene rings is 2. The average molecular weight is 459 g/mol. The van der Waals surface area contributed by atoms with Crippen LogP contribution in [0.2, 0.25) is 0 Å². The number of nitrogens with zero attached hydrogens (tertiary/aromatic N) is 4. The third-order valence-electron chi connectivity index (χ3n) is 5.76. The summed E-state index contributed by atoms with van der Waals surface area (Å²) in [7, 11) is 0. The molecule has 34 heavy (non-hydrogen) atoms. The first-order valence-electron chi connectivity index (χ1n) is 10.8. The lowest BCUT2D eigenvalue weighted by molar-refractivity contribution is -0.384. The Morgan fingerprint density at radius 1 is 1.15 bits per heavy atom. The van der Waals surface area contributed by atoms with E-state index in [9.17, 15) is 14.9 Å². The molecule has 1 fully saturated rings. The zero-order chi connectivity index (χ0) is 23.7. The van der Waals surface area contributed by atoms with E-state index in [1.807, 2.05) is 17.9 Å². The second-order valence-electron chi connectivity index (χ2n) is 7.83. The molecule has 3 heterocycles. The third-order valence-corrected chi connectivity index (χ3v) is 5.76. The number of oxazole rings is 1. The summed E-state index contributed by atoms with van der Waals surface area (Å²) < 4.78 is 11.2. The molecule has 2 aromatic carbocycles. The van der Waals surface area contributed by atoms with E-state index >= 15 is 0 Å². The highest BCUT2D eigenvalue weighted by atomic mass is 16.6. The highest BCUT2D eigenvalue weighted by molar-refractivity contribution is 6.09. The van der Waals surface area contributed by atoms with Crippen LogP contribution in [-0.2, 0) is 4.74 Å². The Labute approximate surface area is 194 Å². The molecular weight excluding hydrogens is 438 g/mol. The third kappa shape index (κ3) is 4.06. The second-order valence-corrected chi connectivity index (χ2v) is 7.83. The Balaban J connectivity index is 1.49. The summed E-state index contributed by atoms with van der Waals surface area (Å²) in [6.45, 7) is 4.09. The average Bonchev–Trinajstić information content (AvgIpc) is 3.29. The van der Waals surface area contributed by atoms with E-state index in [4.69, 9.17) is 9.15 Å². The maximum absolute atomic E-state index is 13.4. The Kier molecular flexibility index (Phi) is 5.64. The topological polar surface area (TPSA) is 124 Å². The van der Waals surface area contributed by atoms with Crippen LogP contribution in [0.1, 0.15) is 15.9 Å². The van der Waals surface area contributed by atoms with E-state index in [1.165, 1.54) is 12.1 Å². The van der Waals surface area contributed by atoms with Crippen LogP contribution in [0.15, 0.2) is 59.1 Å². The van der Waals surface area contributed by atoms with Gasteiger partial charge in [0.15, 0.2) is 11.2 Å². The number of carbonyl (C=O) groups is 1. The van der Waals surface area contributed by atoms with E-state index in [0.29, 0.717) is 60.4 Å². The van der Waals surface area contributed by atoms with Gasteiger partial charge in [0.2, 0.25) is 5.89 Å². The molecule has 0 unspecified atom stereocenters. The monoisotopic (exact) mass is 459 g/mol. The van der Waals surface area contributed by atoms with Crippen LogP contribution in [0.3, 0.4) is 0 Å². The van der Waals surface area contributed by atoms with Crippen molar-refractivity contribution in [1.82, 2.24) is 9.97 Å². The molecule has 0 atom stereocenters. The minimum Gasteiger partial charge on any atom is -0.434 e. The number of morpholine rings is 1. The summed E-state index contributed by atoms with van der Waals surface area (Å²) in [5, 5.41) is 14.3. The zero-order valence-electron chi connectivity index (χ0n) is 18.4. The van der Waals surface area contributed by atoms with Gasteiger partial charge >= 0.3 is 0 Å². The van der Waals surface area contributed by atoms with Gasteiger partial charge in [-0.25, -0.2) is 4.98 Å². The molecule has 10 nitrogen and oxygen atoms in total. The summed E-state index contributed by atoms with van der Waals surface area (Å²) in [6.07, 6.45) is 1.64. The van der Waals surface area contributed by atoms with Crippen molar-refractivity contribution >= 4 is 34.2 Å². The Hall–Kier alpha value is -4.31. The quantitative estimate of drug-likeness (QED) is 0.348. The Morgan fingerprint density at radius 3 is 2.74 bits per heavy atom. The number of rotatable bonds is 5. The summed E-state index contributed by atoms with van der Waals surface area (Å²) in [5.41, 5.74) is 3.79. The van der Waals surface area contributed by atoms with Gasteiger partial charge < -0.3 is 19.4 Å². The molecule has 1 aliphatic heterocycles. The first-order chi connectivity index (χ1) is 16.5. The molecule has 5 rings (SSSR count). The number of non-ortho nitro benzene ring substituents is 1. The van der Waals surface area contributed by atoms with Gasteiger partial charge in [0.05, 0.1) is 29.4 Å². The van der Waals surface area contributed by atoms with E-state index in [2.05, 4.69) is 15.3 Å². The number of aromatic nitrogens is 2. The molecule has 4 aromatic rings. The molecule has 0 aliphatic carbocycles. The largest absolute Gasteiger partial charge is 0.434 e. The van der Waals surface area contributed by atoms with Crippen molar-refractivity contribution < 1.29 is 18.9 Å². The first-order valence-corrected chi connectivity index (χ1v) is 10.8. The molecule has 0 bridgehead atoms. The molecule has 0 spiro atoms. The van der Waals surface area contributed by atoms with Crippen LogP contribution >= 0.6 is 0 Å². The maximum Gasteiger partial charge on any atom is 0.270 e. The van der Waals surface area contributed by atoms with Crippen molar-refractivity contribution in [2.24, 2.45) is 0 Å². The van der Waals surface area contributed by atoms with Crippen LogP contribution in [0, 0.1) is 17.0 Å². The SMILES string of the molecule is Cc1c(NC(=O)c2cc([N+](=O)[O-])ccc2N2CCOCC2)cccc1-c1nc2ncccc2o1. The van der Waals surface area contributed by atoms with Gasteiger partial charge in [0.1, 0.15) is 0 Å². The predicted octanol–water partition coefficient (Wildman–Crippen LogP) is 4.20. The molecular formula is C24H21N5O5. The van der Waals surface area contributed by atoms with E-state index < -0.39 is 10.8 Å². The van der Waals surface area contributed by atoms with Crippen LogP contribution < -0.4 is 10.2 Å². The molecule has 10 heteroatoms. The van der Waals surface area contributed by atoms with Crippen molar-refractivity contribution in [3.63, 3.8) is 0 Å². The number of pyridine rings is 1. The van der Waals surface area contributed by atoms with Crippen LogP contribution in [0.4, 0.5) is 17.1 Å². The van der Waals surface area contributed by atoms with Gasteiger partial charge in [-0.1, -0.05) is 6.07 Å². The normalized spacial score (nSPS) is 13.7. The zero-order valence-corrected chi connectivity index (χ0v) is 18.4. The molecule has 172 valence electrons. The predicted molar refractivity (Wildman–Crippen MR) is 126 cm³/mol. The van der Waals surface area contributed by atoms with Crippen LogP contribution in [0.25, 0.3) is 22.7 Å². The van der Waals surface area contributed by atoms with E-state index in [1.54, 1.807) is 36.5 Å². The van der Waals surface area contributed by atoms with Gasteiger partial charge in [0.25, 0.3) is 11.6 Å². The number of carbonyl (C=O) groups excluding carboxylic acids is 1. The molecule has 1 aliphatic rings. The second kappa shape index (κ2) is 8.91. The van der Waals surface area contributed by atoms with Gasteiger partial charge in [0, 0.05) is 42.7 Å². The fourth-order valence-electron chi connectivity index (χ4n) is 3.98. The summed E-state index contributed by atoms with van der Waals surface area (Å²) >= 11 is 0. The molecule has 0 saturated carbocycles. The number of nitro groups is 1. The molecule has 0 radical (unpaired) electrons. The van der Waals surface area contributed by atoms with Crippen LogP contribution in [0.5, 0.6) is 0 Å². The smallest absolute Gasteiger partial charge is 0.270 e. The van der Waals surface area contributed by atoms with Gasteiger partial charge in [-0.3, -0.25) is 14.9 Å². The summed E-state index contributed by atoms with van der Waals surface area (Å²) in [4.78, 5) is 34.9. The number of hydrogen-bond donors (Lipinski definition) is 1. The number of fused-ring (bicyclic) bond motifs is 1. The van der Waals surface area contributed by atoms with Crippen LogP contribution in [-0.4, -0.2) is 47.1 Å². The maximum atomic E-state index is 13.4. The number of ether oxygens (including phenoxy) is 1. The van der Waals surface area contributed by atoms with Gasteiger partial charge in [-0.2, -0.15) is 4.98 Å². The Bertz CT molecular complexity index is 1360. The summed E-state index contributed by atoms with van der Waals surface area (Å²) in [5.74, 6) is -0.0451. The molecule has 1 N–H and O–H groups in total. The lowest BCUT2D eigenvalue weighted by Gasteiger charge is -2.30. The summed E-state index contributed by atoms with van der Waals surface area (Å²) in [6, 6.07) is 13.3. The lowest BCUT2D eigenvalue weighted by atomic mass is 10.1. The number of nitro benzene ring substituents is 1. The van der Waals surface area contributed by atoms with E-state index in [-0.39, 0.29) is 11.3 Å². The minimum atomic E-state index is -0.507. The number of anilines is 2. The first kappa shape index (κ1) is 21.5. The van der Waals surface area contributed by atoms with Crippen molar-refractivity contribution in [2.75, 3.05) is 36.5 Å². The van der Waals surface area contributed by atoms with Crippen molar-refractivity contribution in [3.05, 3.63) is 76.0 Å². The van der Waals surface area contributed by atoms with Gasteiger partial charge in [-0.05, 0) is 42.8 Å². The standard InChI is InChI=1S/C24H21N5O5/c1-15-17(24-27-22-21(34-24)6-3-9-25-22)4-2-5-19(15)26-23(30)18-14-16(29(31)32)7-8-20(18)28-10-12-33-13-11-28/h2-9,14H,10-13H2,1H3,(H,26,30). The fourth-order valence-corrected chi connectivity index (χ4v) is 3.98. The van der Waals surface area contributed by atoms with E-state index in [0.717, 1.165) is 5.56 Å². The Morgan fingerprint density at radius 2 is 1.97 bits per heavy atom. The highest BCUT2D eigenvalue weighted by Crippen LogP contribution is 2.32. The number of nitrogens with one attached hydrogen (secondary N) is 1. The number of amides is 1. The number of hydrogen-bond acceptors (Lipinski definition) is 8. The lowest BCUT2D eigenvalue weighted by Crippen LogP contribution is -2.37. The molecule has 2 aromatic heterocycles. The van der Waals surface area contributed by atoms with Gasteiger partial charge in [-0.15, -0.1) is 0 Å². The fraction of sp³-hybridized carbons (Fsp3) is 0.208. The molecule has 1 amide bonds.